The molecule has 0 saturated carbocycles. The van der Waals surface area contributed by atoms with Crippen molar-refractivity contribution in [3.05, 3.63) is 64.1 Å². The molecule has 0 spiro atoms. The molecule has 0 unspecified atom stereocenters. The number of amides is 2. The Morgan fingerprint density at radius 3 is 2.71 bits per heavy atom. The van der Waals surface area contributed by atoms with Crippen LogP contribution >= 0.6 is 15.9 Å². The molecule has 1 aliphatic rings. The fourth-order valence-electron chi connectivity index (χ4n) is 2.91. The number of anilines is 1. The van der Waals surface area contributed by atoms with E-state index >= 15 is 0 Å². The van der Waals surface area contributed by atoms with E-state index in [1.54, 1.807) is 4.90 Å². The number of likely N-dealkylation sites (tertiary alicyclic amines) is 1. The Kier molecular flexibility index (Phi) is 5.00. The molecule has 1 fully saturated rings. The zero-order valence-electron chi connectivity index (χ0n) is 13.5. The van der Waals surface area contributed by atoms with E-state index in [0.717, 1.165) is 21.3 Å². The van der Waals surface area contributed by atoms with Crippen LogP contribution in [-0.2, 0) is 16.1 Å². The minimum Gasteiger partial charge on any atom is -0.338 e. The van der Waals surface area contributed by atoms with E-state index in [1.807, 2.05) is 55.5 Å². The van der Waals surface area contributed by atoms with Crippen LogP contribution in [0.2, 0.25) is 0 Å². The SMILES string of the molecule is Cc1cc(Br)ccc1NC(=O)[C@@H]1CC(=O)N(Cc2ccccc2)C1. The molecule has 0 aromatic heterocycles. The Morgan fingerprint density at radius 2 is 2.00 bits per heavy atom. The fourth-order valence-corrected chi connectivity index (χ4v) is 3.38. The van der Waals surface area contributed by atoms with Crippen LogP contribution in [-0.4, -0.2) is 23.3 Å². The lowest BCUT2D eigenvalue weighted by atomic mass is 10.1. The first-order valence-electron chi connectivity index (χ1n) is 7.91. The molecule has 2 aromatic carbocycles. The minimum atomic E-state index is -0.302. The summed E-state index contributed by atoms with van der Waals surface area (Å²) >= 11 is 3.41. The van der Waals surface area contributed by atoms with Crippen molar-refractivity contribution in [3.63, 3.8) is 0 Å². The summed E-state index contributed by atoms with van der Waals surface area (Å²) in [6, 6.07) is 15.6. The Morgan fingerprint density at radius 1 is 1.25 bits per heavy atom. The Labute approximate surface area is 150 Å². The van der Waals surface area contributed by atoms with E-state index in [-0.39, 0.29) is 24.2 Å². The lowest BCUT2D eigenvalue weighted by molar-refractivity contribution is -0.128. The second-order valence-electron chi connectivity index (χ2n) is 6.11. The summed E-state index contributed by atoms with van der Waals surface area (Å²) in [6.45, 7) is 2.97. The molecule has 3 rings (SSSR count). The predicted octanol–water partition coefficient (Wildman–Crippen LogP) is 3.74. The van der Waals surface area contributed by atoms with Crippen LogP contribution in [0.4, 0.5) is 5.69 Å². The summed E-state index contributed by atoms with van der Waals surface area (Å²) in [6.07, 6.45) is 0.272. The van der Waals surface area contributed by atoms with Crippen molar-refractivity contribution < 1.29 is 9.59 Å². The Hall–Kier alpha value is -2.14. The monoisotopic (exact) mass is 386 g/mol. The van der Waals surface area contributed by atoms with Gasteiger partial charge in [-0.2, -0.15) is 0 Å². The van der Waals surface area contributed by atoms with Crippen LogP contribution in [0.5, 0.6) is 0 Å². The maximum Gasteiger partial charge on any atom is 0.229 e. The maximum absolute atomic E-state index is 12.5. The number of nitrogens with one attached hydrogen (secondary N) is 1. The number of hydrogen-bond donors (Lipinski definition) is 1. The second kappa shape index (κ2) is 7.18. The third kappa shape index (κ3) is 3.85. The smallest absolute Gasteiger partial charge is 0.229 e. The first kappa shape index (κ1) is 16.7. The summed E-state index contributed by atoms with van der Waals surface area (Å²) in [5, 5.41) is 2.95. The van der Waals surface area contributed by atoms with Crippen molar-refractivity contribution in [2.45, 2.75) is 19.9 Å². The van der Waals surface area contributed by atoms with Gasteiger partial charge in [0.15, 0.2) is 0 Å². The summed E-state index contributed by atoms with van der Waals surface area (Å²) in [5.74, 6) is -0.361. The average molecular weight is 387 g/mol. The van der Waals surface area contributed by atoms with Gasteiger partial charge in [-0.1, -0.05) is 46.3 Å². The zero-order valence-corrected chi connectivity index (χ0v) is 15.0. The summed E-state index contributed by atoms with van der Waals surface area (Å²) in [7, 11) is 0. The van der Waals surface area contributed by atoms with E-state index < -0.39 is 0 Å². The molecule has 4 nitrogen and oxygen atoms in total. The number of rotatable bonds is 4. The van der Waals surface area contributed by atoms with Gasteiger partial charge in [-0.25, -0.2) is 0 Å². The van der Waals surface area contributed by atoms with Crippen LogP contribution in [0, 0.1) is 12.8 Å². The molecule has 24 heavy (non-hydrogen) atoms. The normalized spacial score (nSPS) is 17.2. The van der Waals surface area contributed by atoms with Gasteiger partial charge in [-0.3, -0.25) is 9.59 Å². The van der Waals surface area contributed by atoms with Gasteiger partial charge in [0.2, 0.25) is 11.8 Å². The zero-order chi connectivity index (χ0) is 17.1. The first-order chi connectivity index (χ1) is 11.5. The molecule has 5 heteroatoms. The van der Waals surface area contributed by atoms with Crippen LogP contribution in [0.25, 0.3) is 0 Å². The third-order valence-corrected chi connectivity index (χ3v) is 4.74. The maximum atomic E-state index is 12.5. The Bertz CT molecular complexity index is 761. The van der Waals surface area contributed by atoms with Crippen LogP contribution in [0.15, 0.2) is 53.0 Å². The van der Waals surface area contributed by atoms with Gasteiger partial charge in [-0.15, -0.1) is 0 Å². The summed E-state index contributed by atoms with van der Waals surface area (Å²) in [5.41, 5.74) is 2.86. The molecule has 1 N–H and O–H groups in total. The number of carbonyl (C=O) groups is 2. The van der Waals surface area contributed by atoms with Crippen LogP contribution < -0.4 is 5.32 Å². The molecule has 1 saturated heterocycles. The van der Waals surface area contributed by atoms with Gasteiger partial charge in [0.25, 0.3) is 0 Å². The van der Waals surface area contributed by atoms with Gasteiger partial charge in [0.05, 0.1) is 5.92 Å². The van der Waals surface area contributed by atoms with Crippen molar-refractivity contribution in [1.82, 2.24) is 4.90 Å². The van der Waals surface area contributed by atoms with Crippen molar-refractivity contribution in [2.75, 3.05) is 11.9 Å². The molecule has 1 aliphatic heterocycles. The third-order valence-electron chi connectivity index (χ3n) is 4.25. The lowest BCUT2D eigenvalue weighted by Gasteiger charge is -2.17. The van der Waals surface area contributed by atoms with Gasteiger partial charge in [0.1, 0.15) is 0 Å². The van der Waals surface area contributed by atoms with Crippen molar-refractivity contribution in [1.29, 1.82) is 0 Å². The highest BCUT2D eigenvalue weighted by atomic mass is 79.9. The fraction of sp³-hybridized carbons (Fsp3) is 0.263. The molecule has 124 valence electrons. The highest BCUT2D eigenvalue weighted by Gasteiger charge is 2.34. The Balaban J connectivity index is 1.63. The number of hydrogen-bond acceptors (Lipinski definition) is 2. The van der Waals surface area contributed by atoms with Crippen molar-refractivity contribution in [2.24, 2.45) is 5.92 Å². The summed E-state index contributed by atoms with van der Waals surface area (Å²) < 4.78 is 0.975. The highest BCUT2D eigenvalue weighted by Crippen LogP contribution is 2.24. The molecular formula is C19H19BrN2O2. The number of benzene rings is 2. The summed E-state index contributed by atoms with van der Waals surface area (Å²) in [4.78, 5) is 26.4. The molecule has 1 heterocycles. The van der Waals surface area contributed by atoms with Crippen molar-refractivity contribution in [3.8, 4) is 0 Å². The molecule has 2 aromatic rings. The van der Waals surface area contributed by atoms with E-state index in [0.29, 0.717) is 13.1 Å². The number of halogens is 1. The van der Waals surface area contributed by atoms with Crippen LogP contribution in [0.1, 0.15) is 17.5 Å². The van der Waals surface area contributed by atoms with E-state index in [2.05, 4.69) is 21.2 Å². The average Bonchev–Trinajstić information content (AvgIpc) is 2.92. The predicted molar refractivity (Wildman–Crippen MR) is 97.5 cm³/mol. The number of nitrogens with zero attached hydrogens (tertiary/aromatic N) is 1. The van der Waals surface area contributed by atoms with E-state index in [1.165, 1.54) is 0 Å². The topological polar surface area (TPSA) is 49.4 Å². The first-order valence-corrected chi connectivity index (χ1v) is 8.71. The number of carbonyl (C=O) groups excluding carboxylic acids is 2. The molecule has 0 aliphatic carbocycles. The minimum absolute atomic E-state index is 0.0338. The number of aryl methyl sites for hydroxylation is 1. The second-order valence-corrected chi connectivity index (χ2v) is 7.03. The van der Waals surface area contributed by atoms with Gasteiger partial charge in [-0.05, 0) is 36.2 Å². The van der Waals surface area contributed by atoms with Crippen molar-refractivity contribution >= 4 is 33.4 Å². The highest BCUT2D eigenvalue weighted by molar-refractivity contribution is 9.10. The quantitative estimate of drug-likeness (QED) is 0.869. The lowest BCUT2D eigenvalue weighted by Crippen LogP contribution is -2.28. The molecule has 2 amide bonds. The van der Waals surface area contributed by atoms with E-state index in [4.69, 9.17) is 0 Å². The molecule has 1 atom stereocenters. The van der Waals surface area contributed by atoms with Gasteiger partial charge < -0.3 is 10.2 Å². The molecule has 0 radical (unpaired) electrons. The van der Waals surface area contributed by atoms with E-state index in [9.17, 15) is 9.59 Å². The van der Waals surface area contributed by atoms with Gasteiger partial charge >= 0.3 is 0 Å². The van der Waals surface area contributed by atoms with Gasteiger partial charge in [0, 0.05) is 29.7 Å². The molecular weight excluding hydrogens is 368 g/mol. The van der Waals surface area contributed by atoms with Crippen LogP contribution in [0.3, 0.4) is 0 Å². The standard InChI is InChI=1S/C19H19BrN2O2/c1-13-9-16(20)7-8-17(13)21-19(24)15-10-18(23)22(12-15)11-14-5-3-2-4-6-14/h2-9,15H,10-12H2,1H3,(H,21,24)/t15-/m1/s1. The molecule has 0 bridgehead atoms. The largest absolute Gasteiger partial charge is 0.338 e.